The number of carbonyl (C=O) groups excluding carboxylic acids is 2. The summed E-state index contributed by atoms with van der Waals surface area (Å²) < 4.78 is 0. The number of carbonyl (C=O) groups is 2. The van der Waals surface area contributed by atoms with Crippen molar-refractivity contribution in [3.05, 3.63) is 101 Å². The van der Waals surface area contributed by atoms with Crippen LogP contribution in [-0.2, 0) is 11.2 Å². The number of amides is 3. The molecular weight excluding hydrogens is 508 g/mol. The van der Waals surface area contributed by atoms with E-state index in [1.807, 2.05) is 66.9 Å². The van der Waals surface area contributed by atoms with E-state index in [0.29, 0.717) is 6.42 Å². The van der Waals surface area contributed by atoms with Gasteiger partial charge in [-0.15, -0.1) is 0 Å². The summed E-state index contributed by atoms with van der Waals surface area (Å²) in [6, 6.07) is 22.7. The van der Waals surface area contributed by atoms with Crippen molar-refractivity contribution in [1.82, 2.24) is 15.6 Å². The SMILES string of the molecule is CC(C)c1cccc(C(C)C)c1NC(=O)C(Cc1c[nH]c2ccccc12)NC(=O)NC(c1ccccc1)C(C)(C)C. The highest BCUT2D eigenvalue weighted by atomic mass is 16.2. The molecule has 0 radical (unpaired) electrons. The van der Waals surface area contributed by atoms with Gasteiger partial charge in [0.2, 0.25) is 5.91 Å². The van der Waals surface area contributed by atoms with Crippen LogP contribution in [-0.4, -0.2) is 23.0 Å². The first-order chi connectivity index (χ1) is 19.5. The van der Waals surface area contributed by atoms with E-state index in [4.69, 9.17) is 0 Å². The average molecular weight is 553 g/mol. The zero-order chi connectivity index (χ0) is 29.7. The van der Waals surface area contributed by atoms with Crippen molar-refractivity contribution in [2.45, 2.75) is 78.8 Å². The molecule has 1 aromatic heterocycles. The van der Waals surface area contributed by atoms with E-state index in [1.165, 1.54) is 0 Å². The summed E-state index contributed by atoms with van der Waals surface area (Å²) in [6.07, 6.45) is 2.27. The normalized spacial score (nSPS) is 13.3. The molecule has 6 heteroatoms. The fraction of sp³-hybridized carbons (Fsp3) is 0.371. The van der Waals surface area contributed by atoms with Gasteiger partial charge in [-0.2, -0.15) is 0 Å². The lowest BCUT2D eigenvalue weighted by Crippen LogP contribution is -2.51. The van der Waals surface area contributed by atoms with Crippen LogP contribution >= 0.6 is 0 Å². The van der Waals surface area contributed by atoms with Crippen LogP contribution in [0.4, 0.5) is 10.5 Å². The molecule has 0 saturated heterocycles. The Bertz CT molecular complexity index is 1450. The molecule has 0 saturated carbocycles. The van der Waals surface area contributed by atoms with Crippen LogP contribution < -0.4 is 16.0 Å². The highest BCUT2D eigenvalue weighted by molar-refractivity contribution is 5.99. The van der Waals surface area contributed by atoms with Gasteiger partial charge in [-0.1, -0.05) is 115 Å². The zero-order valence-corrected chi connectivity index (χ0v) is 25.3. The van der Waals surface area contributed by atoms with Gasteiger partial charge in [-0.25, -0.2) is 4.79 Å². The molecule has 0 aliphatic rings. The van der Waals surface area contributed by atoms with E-state index in [-0.39, 0.29) is 35.2 Å². The van der Waals surface area contributed by atoms with Crippen molar-refractivity contribution in [2.24, 2.45) is 5.41 Å². The summed E-state index contributed by atoms with van der Waals surface area (Å²) in [7, 11) is 0. The van der Waals surface area contributed by atoms with Gasteiger partial charge in [0.1, 0.15) is 6.04 Å². The first kappa shape index (κ1) is 29.9. The monoisotopic (exact) mass is 552 g/mol. The molecule has 2 unspecified atom stereocenters. The predicted octanol–water partition coefficient (Wildman–Crippen LogP) is 8.05. The lowest BCUT2D eigenvalue weighted by molar-refractivity contribution is -0.117. The minimum absolute atomic E-state index is 0.228. The van der Waals surface area contributed by atoms with E-state index in [2.05, 4.69) is 81.5 Å². The van der Waals surface area contributed by atoms with Gasteiger partial charge in [0, 0.05) is 29.2 Å². The van der Waals surface area contributed by atoms with Gasteiger partial charge < -0.3 is 20.9 Å². The first-order valence-corrected chi connectivity index (χ1v) is 14.6. The molecule has 6 nitrogen and oxygen atoms in total. The fourth-order valence-corrected chi connectivity index (χ4v) is 5.41. The summed E-state index contributed by atoms with van der Waals surface area (Å²) in [4.78, 5) is 30.9. The second-order valence-corrected chi connectivity index (χ2v) is 12.6. The highest BCUT2D eigenvalue weighted by Gasteiger charge is 2.30. The van der Waals surface area contributed by atoms with E-state index in [9.17, 15) is 9.59 Å². The van der Waals surface area contributed by atoms with Crippen LogP contribution in [0.25, 0.3) is 10.9 Å². The first-order valence-electron chi connectivity index (χ1n) is 14.6. The molecule has 0 spiro atoms. The largest absolute Gasteiger partial charge is 0.361 e. The highest BCUT2D eigenvalue weighted by Crippen LogP contribution is 2.34. The van der Waals surface area contributed by atoms with E-state index in [0.717, 1.165) is 38.8 Å². The maximum absolute atomic E-state index is 14.0. The Morgan fingerprint density at radius 3 is 2.00 bits per heavy atom. The predicted molar refractivity (Wildman–Crippen MR) is 169 cm³/mol. The van der Waals surface area contributed by atoms with E-state index >= 15 is 0 Å². The van der Waals surface area contributed by atoms with Crippen LogP contribution in [0.3, 0.4) is 0 Å². The molecule has 0 bridgehead atoms. The number of aromatic nitrogens is 1. The van der Waals surface area contributed by atoms with Crippen molar-refractivity contribution in [1.29, 1.82) is 0 Å². The molecule has 2 atom stereocenters. The number of para-hydroxylation sites is 2. The topological polar surface area (TPSA) is 86.0 Å². The Balaban J connectivity index is 1.66. The third kappa shape index (κ3) is 7.18. The van der Waals surface area contributed by atoms with Crippen LogP contribution in [0, 0.1) is 5.41 Å². The van der Waals surface area contributed by atoms with Gasteiger partial charge in [0.05, 0.1) is 6.04 Å². The van der Waals surface area contributed by atoms with Gasteiger partial charge in [0.25, 0.3) is 0 Å². The number of hydrogen-bond acceptors (Lipinski definition) is 2. The molecule has 4 aromatic rings. The van der Waals surface area contributed by atoms with Crippen molar-refractivity contribution < 1.29 is 9.59 Å². The van der Waals surface area contributed by atoms with Gasteiger partial charge in [0.15, 0.2) is 0 Å². The van der Waals surface area contributed by atoms with Gasteiger partial charge in [-0.05, 0) is 45.6 Å². The van der Waals surface area contributed by atoms with Crippen molar-refractivity contribution in [2.75, 3.05) is 5.32 Å². The maximum atomic E-state index is 14.0. The summed E-state index contributed by atoms with van der Waals surface area (Å²) >= 11 is 0. The molecule has 0 aliphatic heterocycles. The van der Waals surface area contributed by atoms with E-state index < -0.39 is 6.04 Å². The van der Waals surface area contributed by atoms with Crippen molar-refractivity contribution >= 4 is 28.5 Å². The number of rotatable bonds is 9. The number of urea groups is 1. The van der Waals surface area contributed by atoms with E-state index in [1.54, 1.807) is 0 Å². The summed E-state index contributed by atoms with van der Waals surface area (Å²) in [5.74, 6) is 0.212. The Labute approximate surface area is 244 Å². The van der Waals surface area contributed by atoms with Crippen LogP contribution in [0.2, 0.25) is 0 Å². The second-order valence-electron chi connectivity index (χ2n) is 12.6. The smallest absolute Gasteiger partial charge is 0.315 e. The number of fused-ring (bicyclic) bond motifs is 1. The lowest BCUT2D eigenvalue weighted by atomic mass is 9.82. The number of nitrogens with one attached hydrogen (secondary N) is 4. The Hall–Kier alpha value is -4.06. The minimum atomic E-state index is -0.800. The number of hydrogen-bond donors (Lipinski definition) is 4. The quantitative estimate of drug-likeness (QED) is 0.169. The third-order valence-corrected chi connectivity index (χ3v) is 7.62. The van der Waals surface area contributed by atoms with Crippen LogP contribution in [0.15, 0.2) is 79.0 Å². The van der Waals surface area contributed by atoms with Crippen LogP contribution in [0.1, 0.15) is 88.6 Å². The van der Waals surface area contributed by atoms with Crippen molar-refractivity contribution in [3.63, 3.8) is 0 Å². The Kier molecular flexibility index (Phi) is 9.21. The number of anilines is 1. The fourth-order valence-electron chi connectivity index (χ4n) is 5.41. The lowest BCUT2D eigenvalue weighted by Gasteiger charge is -2.32. The van der Waals surface area contributed by atoms with Crippen LogP contribution in [0.5, 0.6) is 0 Å². The number of aromatic amines is 1. The maximum Gasteiger partial charge on any atom is 0.315 e. The Morgan fingerprint density at radius 1 is 0.780 bits per heavy atom. The molecule has 216 valence electrons. The molecule has 3 aromatic carbocycles. The Morgan fingerprint density at radius 2 is 1.39 bits per heavy atom. The summed E-state index contributed by atoms with van der Waals surface area (Å²) in [6.45, 7) is 14.8. The molecule has 41 heavy (non-hydrogen) atoms. The van der Waals surface area contributed by atoms with Gasteiger partial charge in [-0.3, -0.25) is 4.79 Å². The average Bonchev–Trinajstić information content (AvgIpc) is 3.33. The number of H-pyrrole nitrogens is 1. The zero-order valence-electron chi connectivity index (χ0n) is 25.3. The minimum Gasteiger partial charge on any atom is -0.361 e. The third-order valence-electron chi connectivity index (χ3n) is 7.62. The molecule has 4 rings (SSSR count). The van der Waals surface area contributed by atoms with Crippen molar-refractivity contribution in [3.8, 4) is 0 Å². The summed E-state index contributed by atoms with van der Waals surface area (Å²) in [5, 5.41) is 10.5. The second kappa shape index (κ2) is 12.6. The molecule has 0 aliphatic carbocycles. The molecule has 0 fully saturated rings. The molecule has 4 N–H and O–H groups in total. The molecular formula is C35H44N4O2. The number of benzene rings is 3. The molecule has 3 amide bonds. The summed E-state index contributed by atoms with van der Waals surface area (Å²) in [5.41, 5.74) is 5.74. The standard InChI is InChI=1S/C35H44N4O2/c1-22(2)26-17-13-18-27(23(3)4)31(26)38-33(40)30(20-25-21-36-29-19-12-11-16-28(25)29)37-34(41)39-32(35(5,6)7)24-14-9-8-10-15-24/h8-19,21-23,30,32,36H,20H2,1-7H3,(H,38,40)(H2,37,39,41). The molecule has 1 heterocycles. The van der Waals surface area contributed by atoms with Gasteiger partial charge >= 0.3 is 6.03 Å².